The summed E-state index contributed by atoms with van der Waals surface area (Å²) in [6.45, 7) is 0.592. The second-order valence-corrected chi connectivity index (χ2v) is 5.63. The first kappa shape index (κ1) is 14.0. The molecule has 0 aliphatic rings. The number of hydrogen-bond acceptors (Lipinski definition) is 3. The summed E-state index contributed by atoms with van der Waals surface area (Å²) in [6, 6.07) is 15.8. The van der Waals surface area contributed by atoms with Crippen LogP contribution in [0.3, 0.4) is 0 Å². The first-order valence-corrected chi connectivity index (χ1v) is 7.57. The number of hydrogen-bond donors (Lipinski definition) is 1. The van der Waals surface area contributed by atoms with E-state index in [4.69, 9.17) is 10.5 Å². The Morgan fingerprint density at radius 3 is 2.81 bits per heavy atom. The van der Waals surface area contributed by atoms with Gasteiger partial charge in [-0.05, 0) is 54.9 Å². The van der Waals surface area contributed by atoms with Gasteiger partial charge in [0.1, 0.15) is 11.5 Å². The Labute approximate surface area is 131 Å². The zero-order valence-electron chi connectivity index (χ0n) is 11.4. The molecule has 0 saturated carbocycles. The molecule has 0 amide bonds. The smallest absolute Gasteiger partial charge is 0.136 e. The van der Waals surface area contributed by atoms with Gasteiger partial charge in [-0.25, -0.2) is 0 Å². The maximum atomic E-state index is 6.13. The van der Waals surface area contributed by atoms with Crippen LogP contribution < -0.4 is 10.5 Å². The Hall–Kier alpha value is -1.91. The predicted octanol–water partition coefficient (Wildman–Crippen LogP) is 4.29. The van der Waals surface area contributed by atoms with Gasteiger partial charge in [-0.15, -0.1) is 0 Å². The van der Waals surface area contributed by atoms with Crippen LogP contribution in [-0.2, 0) is 6.42 Å². The van der Waals surface area contributed by atoms with Crippen molar-refractivity contribution in [3.05, 3.63) is 64.8 Å². The van der Waals surface area contributed by atoms with Crippen molar-refractivity contribution >= 4 is 26.8 Å². The number of halogens is 1. The molecule has 4 heteroatoms. The van der Waals surface area contributed by atoms with Crippen LogP contribution in [0.4, 0.5) is 0 Å². The molecule has 1 heterocycles. The van der Waals surface area contributed by atoms with E-state index in [-0.39, 0.29) is 0 Å². The van der Waals surface area contributed by atoms with Gasteiger partial charge >= 0.3 is 0 Å². The maximum Gasteiger partial charge on any atom is 0.136 e. The topological polar surface area (TPSA) is 48.1 Å². The van der Waals surface area contributed by atoms with Crippen molar-refractivity contribution in [3.63, 3.8) is 0 Å². The average molecular weight is 343 g/mol. The standard InChI is InChI=1S/C17H15BrN2O/c18-13-7-6-12(8-9-19)17(11-13)21-16-5-1-4-15-14(16)3-2-10-20-15/h1-7,10-11H,8-9,19H2. The zero-order chi connectivity index (χ0) is 14.7. The van der Waals surface area contributed by atoms with Gasteiger partial charge in [0, 0.05) is 16.1 Å². The molecule has 3 rings (SSSR count). The van der Waals surface area contributed by atoms with E-state index in [1.165, 1.54) is 0 Å². The molecule has 2 N–H and O–H groups in total. The fourth-order valence-corrected chi connectivity index (χ4v) is 2.61. The molecule has 0 atom stereocenters. The number of pyridine rings is 1. The largest absolute Gasteiger partial charge is 0.456 e. The van der Waals surface area contributed by atoms with Gasteiger partial charge in [-0.2, -0.15) is 0 Å². The van der Waals surface area contributed by atoms with Crippen molar-refractivity contribution in [3.8, 4) is 11.5 Å². The highest BCUT2D eigenvalue weighted by Gasteiger charge is 2.08. The highest BCUT2D eigenvalue weighted by atomic mass is 79.9. The van der Waals surface area contributed by atoms with Crippen molar-refractivity contribution in [1.82, 2.24) is 4.98 Å². The van der Waals surface area contributed by atoms with Crippen LogP contribution in [0.5, 0.6) is 11.5 Å². The fourth-order valence-electron chi connectivity index (χ4n) is 2.27. The predicted molar refractivity (Wildman–Crippen MR) is 88.7 cm³/mol. The molecule has 2 aromatic carbocycles. The number of nitrogens with zero attached hydrogens (tertiary/aromatic N) is 1. The van der Waals surface area contributed by atoms with Crippen LogP contribution in [0, 0.1) is 0 Å². The van der Waals surface area contributed by atoms with E-state index in [1.54, 1.807) is 6.20 Å². The maximum absolute atomic E-state index is 6.13. The second-order valence-electron chi connectivity index (χ2n) is 4.72. The van der Waals surface area contributed by atoms with E-state index in [2.05, 4.69) is 20.9 Å². The first-order chi connectivity index (χ1) is 10.3. The molecule has 1 aromatic heterocycles. The molecule has 0 fully saturated rings. The minimum absolute atomic E-state index is 0.592. The minimum Gasteiger partial charge on any atom is -0.456 e. The number of rotatable bonds is 4. The third-order valence-corrected chi connectivity index (χ3v) is 3.76. The molecule has 3 nitrogen and oxygen atoms in total. The van der Waals surface area contributed by atoms with Gasteiger partial charge in [0.15, 0.2) is 0 Å². The lowest BCUT2D eigenvalue weighted by Crippen LogP contribution is -2.04. The van der Waals surface area contributed by atoms with Crippen molar-refractivity contribution in [2.45, 2.75) is 6.42 Å². The van der Waals surface area contributed by atoms with E-state index in [0.717, 1.165) is 38.9 Å². The molecule has 0 aliphatic heterocycles. The zero-order valence-corrected chi connectivity index (χ0v) is 13.0. The van der Waals surface area contributed by atoms with Crippen LogP contribution in [0.15, 0.2) is 59.2 Å². The molecular weight excluding hydrogens is 328 g/mol. The van der Waals surface area contributed by atoms with Crippen LogP contribution >= 0.6 is 15.9 Å². The summed E-state index contributed by atoms with van der Waals surface area (Å²) in [7, 11) is 0. The van der Waals surface area contributed by atoms with Gasteiger partial charge in [-0.3, -0.25) is 4.98 Å². The van der Waals surface area contributed by atoms with Crippen LogP contribution in [0.1, 0.15) is 5.56 Å². The third kappa shape index (κ3) is 3.06. The van der Waals surface area contributed by atoms with Crippen LogP contribution in [0.2, 0.25) is 0 Å². The summed E-state index contributed by atoms with van der Waals surface area (Å²) in [5, 5.41) is 0.999. The number of fused-ring (bicyclic) bond motifs is 1. The SMILES string of the molecule is NCCc1ccc(Br)cc1Oc1cccc2ncccc12. The Balaban J connectivity index is 2.04. The highest BCUT2D eigenvalue weighted by Crippen LogP contribution is 2.32. The van der Waals surface area contributed by atoms with Crippen LogP contribution in [-0.4, -0.2) is 11.5 Å². The Bertz CT molecular complexity index is 768. The van der Waals surface area contributed by atoms with Crippen molar-refractivity contribution in [2.75, 3.05) is 6.54 Å². The number of aromatic nitrogens is 1. The van der Waals surface area contributed by atoms with Crippen molar-refractivity contribution in [2.24, 2.45) is 5.73 Å². The lowest BCUT2D eigenvalue weighted by Gasteiger charge is -2.13. The van der Waals surface area contributed by atoms with Crippen LogP contribution in [0.25, 0.3) is 10.9 Å². The van der Waals surface area contributed by atoms with Crippen molar-refractivity contribution < 1.29 is 4.74 Å². The van der Waals surface area contributed by atoms with Gasteiger partial charge in [0.05, 0.1) is 5.52 Å². The molecule has 0 saturated heterocycles. The molecule has 0 aliphatic carbocycles. The molecule has 0 bridgehead atoms. The number of nitrogens with two attached hydrogens (primary N) is 1. The number of benzene rings is 2. The van der Waals surface area contributed by atoms with E-state index >= 15 is 0 Å². The van der Waals surface area contributed by atoms with Gasteiger partial charge in [0.25, 0.3) is 0 Å². The lowest BCUT2D eigenvalue weighted by atomic mass is 10.1. The third-order valence-electron chi connectivity index (χ3n) is 3.27. The molecule has 21 heavy (non-hydrogen) atoms. The van der Waals surface area contributed by atoms with E-state index in [1.807, 2.05) is 48.5 Å². The normalized spacial score (nSPS) is 10.8. The Morgan fingerprint density at radius 1 is 1.05 bits per heavy atom. The van der Waals surface area contributed by atoms with E-state index < -0.39 is 0 Å². The molecule has 0 spiro atoms. The number of ether oxygens (including phenoxy) is 1. The summed E-state index contributed by atoms with van der Waals surface area (Å²) in [6.07, 6.45) is 2.57. The summed E-state index contributed by atoms with van der Waals surface area (Å²) in [4.78, 5) is 4.35. The summed E-state index contributed by atoms with van der Waals surface area (Å²) in [5.74, 6) is 1.63. The highest BCUT2D eigenvalue weighted by molar-refractivity contribution is 9.10. The summed E-state index contributed by atoms with van der Waals surface area (Å²) < 4.78 is 7.11. The molecule has 0 unspecified atom stereocenters. The Morgan fingerprint density at radius 2 is 1.95 bits per heavy atom. The lowest BCUT2D eigenvalue weighted by molar-refractivity contribution is 0.481. The van der Waals surface area contributed by atoms with E-state index in [9.17, 15) is 0 Å². The van der Waals surface area contributed by atoms with Gasteiger partial charge in [-0.1, -0.05) is 28.1 Å². The van der Waals surface area contributed by atoms with Crippen molar-refractivity contribution in [1.29, 1.82) is 0 Å². The summed E-state index contributed by atoms with van der Waals surface area (Å²) in [5.41, 5.74) is 7.69. The van der Waals surface area contributed by atoms with E-state index in [0.29, 0.717) is 6.54 Å². The van der Waals surface area contributed by atoms with Gasteiger partial charge in [0.2, 0.25) is 0 Å². The average Bonchev–Trinajstić information content (AvgIpc) is 2.50. The minimum atomic E-state index is 0.592. The quantitative estimate of drug-likeness (QED) is 0.769. The van der Waals surface area contributed by atoms with Gasteiger partial charge < -0.3 is 10.5 Å². The first-order valence-electron chi connectivity index (χ1n) is 6.78. The molecular formula is C17H15BrN2O. The summed E-state index contributed by atoms with van der Waals surface area (Å²) >= 11 is 3.49. The molecule has 0 radical (unpaired) electrons. The Kier molecular flexibility index (Phi) is 4.18. The molecule has 106 valence electrons. The second kappa shape index (κ2) is 6.24. The monoisotopic (exact) mass is 342 g/mol. The fraction of sp³-hybridized carbons (Fsp3) is 0.118. The molecule has 3 aromatic rings.